The van der Waals surface area contributed by atoms with Gasteiger partial charge in [0, 0.05) is 6.07 Å². The van der Waals surface area contributed by atoms with Gasteiger partial charge in [0.05, 0.1) is 6.61 Å². The molecular weight excluding hydrogens is 217 g/mol. The maximum atomic E-state index is 12.9. The first-order valence-electron chi connectivity index (χ1n) is 6.44. The summed E-state index contributed by atoms with van der Waals surface area (Å²) in [7, 11) is 0. The molecule has 17 heavy (non-hydrogen) atoms. The fraction of sp³-hybridized carbons (Fsp3) is 0.571. The van der Waals surface area contributed by atoms with E-state index in [1.54, 1.807) is 12.1 Å². The van der Waals surface area contributed by atoms with Crippen LogP contribution >= 0.6 is 0 Å². The standard InChI is InChI=1S/C14H20FNO/c15-13-4-1-5-14(11-13)17-10-2-3-12-6-8-16-9-7-12/h1,4-5,11-12,16H,2-3,6-10H2. The Morgan fingerprint density at radius 2 is 2.12 bits per heavy atom. The molecule has 0 atom stereocenters. The highest BCUT2D eigenvalue weighted by molar-refractivity contribution is 5.22. The van der Waals surface area contributed by atoms with Crippen molar-refractivity contribution in [3.05, 3.63) is 30.1 Å². The number of benzene rings is 1. The van der Waals surface area contributed by atoms with Gasteiger partial charge in [-0.3, -0.25) is 0 Å². The van der Waals surface area contributed by atoms with E-state index in [1.807, 2.05) is 0 Å². The first-order chi connectivity index (χ1) is 8.34. The normalized spacial score (nSPS) is 17.0. The van der Waals surface area contributed by atoms with Crippen LogP contribution in [0.15, 0.2) is 24.3 Å². The van der Waals surface area contributed by atoms with E-state index in [0.717, 1.165) is 25.4 Å². The molecule has 0 amide bonds. The van der Waals surface area contributed by atoms with Gasteiger partial charge < -0.3 is 10.1 Å². The highest BCUT2D eigenvalue weighted by Crippen LogP contribution is 2.18. The summed E-state index contributed by atoms with van der Waals surface area (Å²) in [5.74, 6) is 1.24. The van der Waals surface area contributed by atoms with Crippen LogP contribution in [0.4, 0.5) is 4.39 Å². The molecule has 94 valence electrons. The molecule has 0 bridgehead atoms. The molecule has 2 rings (SSSR count). The summed E-state index contributed by atoms with van der Waals surface area (Å²) < 4.78 is 18.4. The molecular formula is C14H20FNO. The van der Waals surface area contributed by atoms with E-state index in [4.69, 9.17) is 4.74 Å². The Kier molecular flexibility index (Phi) is 4.80. The minimum absolute atomic E-state index is 0.235. The predicted molar refractivity (Wildman–Crippen MR) is 66.7 cm³/mol. The number of ether oxygens (including phenoxy) is 1. The van der Waals surface area contributed by atoms with E-state index in [1.165, 1.54) is 31.4 Å². The second kappa shape index (κ2) is 6.60. The van der Waals surface area contributed by atoms with Crippen LogP contribution in [0, 0.1) is 11.7 Å². The van der Waals surface area contributed by atoms with Gasteiger partial charge in [0.1, 0.15) is 11.6 Å². The molecule has 1 N–H and O–H groups in total. The minimum Gasteiger partial charge on any atom is -0.493 e. The van der Waals surface area contributed by atoms with Gasteiger partial charge in [0.15, 0.2) is 0 Å². The number of piperidine rings is 1. The third kappa shape index (κ3) is 4.35. The lowest BCUT2D eigenvalue weighted by molar-refractivity contribution is 0.273. The molecule has 0 radical (unpaired) electrons. The SMILES string of the molecule is Fc1cccc(OCCCC2CCNCC2)c1. The first kappa shape index (κ1) is 12.4. The summed E-state index contributed by atoms with van der Waals surface area (Å²) >= 11 is 0. The van der Waals surface area contributed by atoms with E-state index in [-0.39, 0.29) is 5.82 Å². The largest absolute Gasteiger partial charge is 0.493 e. The monoisotopic (exact) mass is 237 g/mol. The molecule has 0 aromatic heterocycles. The fourth-order valence-electron chi connectivity index (χ4n) is 2.29. The highest BCUT2D eigenvalue weighted by atomic mass is 19.1. The van der Waals surface area contributed by atoms with Crippen LogP contribution in [0.3, 0.4) is 0 Å². The number of hydrogen-bond donors (Lipinski definition) is 1. The molecule has 1 aliphatic heterocycles. The fourth-order valence-corrected chi connectivity index (χ4v) is 2.29. The molecule has 1 fully saturated rings. The zero-order valence-electron chi connectivity index (χ0n) is 10.1. The van der Waals surface area contributed by atoms with Crippen LogP contribution in [0.25, 0.3) is 0 Å². The molecule has 0 aliphatic carbocycles. The summed E-state index contributed by atoms with van der Waals surface area (Å²) in [6.07, 6.45) is 4.83. The topological polar surface area (TPSA) is 21.3 Å². The van der Waals surface area contributed by atoms with E-state index in [2.05, 4.69) is 5.32 Å². The average molecular weight is 237 g/mol. The smallest absolute Gasteiger partial charge is 0.126 e. The first-order valence-corrected chi connectivity index (χ1v) is 6.44. The van der Waals surface area contributed by atoms with Gasteiger partial charge in [-0.25, -0.2) is 4.39 Å². The molecule has 0 saturated carbocycles. The van der Waals surface area contributed by atoms with Crippen LogP contribution in [0.5, 0.6) is 5.75 Å². The molecule has 1 saturated heterocycles. The zero-order valence-corrected chi connectivity index (χ0v) is 10.1. The predicted octanol–water partition coefficient (Wildman–Crippen LogP) is 2.98. The lowest BCUT2D eigenvalue weighted by atomic mass is 9.93. The van der Waals surface area contributed by atoms with Crippen molar-refractivity contribution in [1.82, 2.24) is 5.32 Å². The van der Waals surface area contributed by atoms with Gasteiger partial charge in [-0.1, -0.05) is 6.07 Å². The van der Waals surface area contributed by atoms with E-state index in [0.29, 0.717) is 12.4 Å². The van der Waals surface area contributed by atoms with E-state index >= 15 is 0 Å². The number of rotatable bonds is 5. The van der Waals surface area contributed by atoms with Crippen LogP contribution in [0.2, 0.25) is 0 Å². The van der Waals surface area contributed by atoms with Crippen LogP contribution in [-0.4, -0.2) is 19.7 Å². The molecule has 3 heteroatoms. The van der Waals surface area contributed by atoms with Crippen molar-refractivity contribution < 1.29 is 9.13 Å². The van der Waals surface area contributed by atoms with Crippen LogP contribution < -0.4 is 10.1 Å². The third-order valence-corrected chi connectivity index (χ3v) is 3.28. The van der Waals surface area contributed by atoms with Crippen molar-refractivity contribution in [3.8, 4) is 5.75 Å². The number of nitrogens with one attached hydrogen (secondary N) is 1. The van der Waals surface area contributed by atoms with E-state index in [9.17, 15) is 4.39 Å². The Morgan fingerprint density at radius 1 is 1.29 bits per heavy atom. The Hall–Kier alpha value is -1.09. The Labute approximate surface area is 102 Å². The van der Waals surface area contributed by atoms with Crippen molar-refractivity contribution in [1.29, 1.82) is 0 Å². The van der Waals surface area contributed by atoms with Crippen molar-refractivity contribution >= 4 is 0 Å². The lowest BCUT2D eigenvalue weighted by Crippen LogP contribution is -2.27. The second-order valence-electron chi connectivity index (χ2n) is 4.64. The maximum absolute atomic E-state index is 12.9. The van der Waals surface area contributed by atoms with Gasteiger partial charge in [0.2, 0.25) is 0 Å². The molecule has 2 nitrogen and oxygen atoms in total. The van der Waals surface area contributed by atoms with Crippen molar-refractivity contribution in [2.24, 2.45) is 5.92 Å². The van der Waals surface area contributed by atoms with Crippen molar-refractivity contribution in [2.75, 3.05) is 19.7 Å². The van der Waals surface area contributed by atoms with Gasteiger partial charge in [0.25, 0.3) is 0 Å². The van der Waals surface area contributed by atoms with Crippen molar-refractivity contribution in [2.45, 2.75) is 25.7 Å². The number of halogens is 1. The second-order valence-corrected chi connectivity index (χ2v) is 4.64. The lowest BCUT2D eigenvalue weighted by Gasteiger charge is -2.22. The Balaban J connectivity index is 1.62. The molecule has 1 aromatic rings. The molecule has 0 spiro atoms. The van der Waals surface area contributed by atoms with Gasteiger partial charge in [-0.05, 0) is 56.8 Å². The molecule has 0 unspecified atom stereocenters. The molecule has 1 aliphatic rings. The summed E-state index contributed by atoms with van der Waals surface area (Å²) in [6, 6.07) is 6.34. The zero-order chi connectivity index (χ0) is 11.9. The van der Waals surface area contributed by atoms with Gasteiger partial charge in [-0.15, -0.1) is 0 Å². The minimum atomic E-state index is -0.235. The molecule has 1 aromatic carbocycles. The summed E-state index contributed by atoms with van der Waals surface area (Å²) in [4.78, 5) is 0. The van der Waals surface area contributed by atoms with Crippen LogP contribution in [-0.2, 0) is 0 Å². The van der Waals surface area contributed by atoms with Crippen LogP contribution in [0.1, 0.15) is 25.7 Å². The number of hydrogen-bond acceptors (Lipinski definition) is 2. The molecule has 1 heterocycles. The van der Waals surface area contributed by atoms with E-state index < -0.39 is 0 Å². The van der Waals surface area contributed by atoms with Gasteiger partial charge >= 0.3 is 0 Å². The Morgan fingerprint density at radius 3 is 2.88 bits per heavy atom. The summed E-state index contributed by atoms with van der Waals surface area (Å²) in [5.41, 5.74) is 0. The quantitative estimate of drug-likeness (QED) is 0.795. The van der Waals surface area contributed by atoms with Gasteiger partial charge in [-0.2, -0.15) is 0 Å². The third-order valence-electron chi connectivity index (χ3n) is 3.28. The van der Waals surface area contributed by atoms with Crippen molar-refractivity contribution in [3.63, 3.8) is 0 Å². The summed E-state index contributed by atoms with van der Waals surface area (Å²) in [5, 5.41) is 3.36. The maximum Gasteiger partial charge on any atom is 0.126 e. The highest BCUT2D eigenvalue weighted by Gasteiger charge is 2.12. The average Bonchev–Trinajstić information content (AvgIpc) is 2.36. The Bertz CT molecular complexity index is 337. The summed E-state index contributed by atoms with van der Waals surface area (Å²) in [6.45, 7) is 2.98.